The fraction of sp³-hybridized carbons (Fsp3) is 0.889. The summed E-state index contributed by atoms with van der Waals surface area (Å²) in [4.78, 5) is 2.21. The summed E-state index contributed by atoms with van der Waals surface area (Å²) >= 11 is 0. The molecule has 1 fully saturated rings. The van der Waals surface area contributed by atoms with E-state index in [2.05, 4.69) is 18.0 Å². The molecule has 68 valence electrons. The van der Waals surface area contributed by atoms with Gasteiger partial charge >= 0.3 is 0 Å². The van der Waals surface area contributed by atoms with Gasteiger partial charge in [-0.05, 0) is 32.4 Å². The summed E-state index contributed by atoms with van der Waals surface area (Å²) in [7, 11) is 2.06. The molecule has 12 heavy (non-hydrogen) atoms. The Labute approximate surface area is 73.6 Å². The predicted molar refractivity (Wildman–Crippen MR) is 46.5 cm³/mol. The number of aliphatic hydroxyl groups is 1. The van der Waals surface area contributed by atoms with Crippen molar-refractivity contribution >= 4 is 0 Å². The molecule has 0 aromatic carbocycles. The first kappa shape index (κ1) is 9.50. The number of hydrogen-bond acceptors (Lipinski definition) is 3. The van der Waals surface area contributed by atoms with Crippen LogP contribution < -0.4 is 0 Å². The van der Waals surface area contributed by atoms with Crippen LogP contribution in [0.15, 0.2) is 0 Å². The monoisotopic (exact) mass is 168 g/mol. The van der Waals surface area contributed by atoms with Crippen LogP contribution in [0.3, 0.4) is 0 Å². The molecule has 0 amide bonds. The molecule has 3 nitrogen and oxygen atoms in total. The second kappa shape index (κ2) is 4.44. The molecular weight excluding hydrogens is 152 g/mol. The molecular formula is C9H16N2O. The van der Waals surface area contributed by atoms with Crippen molar-refractivity contribution in [3.8, 4) is 6.07 Å². The van der Waals surface area contributed by atoms with E-state index in [0.29, 0.717) is 6.42 Å². The first-order valence-corrected chi connectivity index (χ1v) is 4.47. The molecule has 0 saturated carbocycles. The molecule has 3 heteroatoms. The Morgan fingerprint density at radius 3 is 2.83 bits per heavy atom. The van der Waals surface area contributed by atoms with Gasteiger partial charge < -0.3 is 10.0 Å². The quantitative estimate of drug-likeness (QED) is 0.623. The maximum absolute atomic E-state index is 9.62. The lowest BCUT2D eigenvalue weighted by atomic mass is 9.95. The van der Waals surface area contributed by atoms with E-state index in [-0.39, 0.29) is 12.0 Å². The normalized spacial score (nSPS) is 32.4. The summed E-state index contributed by atoms with van der Waals surface area (Å²) in [6.45, 7) is 1.95. The zero-order chi connectivity index (χ0) is 8.97. The highest BCUT2D eigenvalue weighted by atomic mass is 16.3. The van der Waals surface area contributed by atoms with E-state index < -0.39 is 0 Å². The third kappa shape index (κ3) is 2.47. The molecule has 0 unspecified atom stereocenters. The Balaban J connectivity index is 2.45. The van der Waals surface area contributed by atoms with Crippen LogP contribution in [0.4, 0.5) is 0 Å². The van der Waals surface area contributed by atoms with Crippen molar-refractivity contribution in [1.29, 1.82) is 5.26 Å². The molecule has 1 heterocycles. The van der Waals surface area contributed by atoms with Crippen LogP contribution in [0.5, 0.6) is 0 Å². The fourth-order valence-corrected chi connectivity index (χ4v) is 1.63. The Bertz CT molecular complexity index is 176. The van der Waals surface area contributed by atoms with Gasteiger partial charge in [-0.1, -0.05) is 0 Å². The van der Waals surface area contributed by atoms with Crippen LogP contribution in [0.2, 0.25) is 0 Å². The number of aliphatic hydroxyl groups excluding tert-OH is 1. The van der Waals surface area contributed by atoms with Gasteiger partial charge in [0.15, 0.2) is 0 Å². The Morgan fingerprint density at radius 1 is 1.50 bits per heavy atom. The SMILES string of the molecule is CN1CC[C@H](CC#N)[C@@H](O)CC1. The van der Waals surface area contributed by atoms with E-state index in [1.165, 1.54) is 0 Å². The summed E-state index contributed by atoms with van der Waals surface area (Å²) in [6, 6.07) is 2.13. The second-order valence-corrected chi connectivity index (χ2v) is 3.57. The van der Waals surface area contributed by atoms with Crippen molar-refractivity contribution in [3.63, 3.8) is 0 Å². The molecule has 1 saturated heterocycles. The number of likely N-dealkylation sites (tertiary alicyclic amines) is 1. The van der Waals surface area contributed by atoms with Gasteiger partial charge in [-0.25, -0.2) is 0 Å². The van der Waals surface area contributed by atoms with Crippen molar-refractivity contribution in [2.45, 2.75) is 25.4 Å². The van der Waals surface area contributed by atoms with Gasteiger partial charge in [-0.15, -0.1) is 0 Å². The lowest BCUT2D eigenvalue weighted by molar-refractivity contribution is 0.106. The fourth-order valence-electron chi connectivity index (χ4n) is 1.63. The molecule has 0 bridgehead atoms. The van der Waals surface area contributed by atoms with E-state index >= 15 is 0 Å². The zero-order valence-corrected chi connectivity index (χ0v) is 7.53. The Kier molecular flexibility index (Phi) is 3.51. The molecule has 0 aromatic heterocycles. The van der Waals surface area contributed by atoms with E-state index in [1.807, 2.05) is 0 Å². The minimum atomic E-state index is -0.269. The van der Waals surface area contributed by atoms with Gasteiger partial charge in [0.05, 0.1) is 12.2 Å². The highest BCUT2D eigenvalue weighted by Crippen LogP contribution is 2.19. The van der Waals surface area contributed by atoms with Gasteiger partial charge in [0.25, 0.3) is 0 Å². The molecule has 1 N–H and O–H groups in total. The van der Waals surface area contributed by atoms with Crippen molar-refractivity contribution in [2.24, 2.45) is 5.92 Å². The van der Waals surface area contributed by atoms with Gasteiger partial charge in [0.2, 0.25) is 0 Å². The van der Waals surface area contributed by atoms with Crippen LogP contribution in [0.1, 0.15) is 19.3 Å². The summed E-state index contributed by atoms with van der Waals surface area (Å²) < 4.78 is 0. The number of rotatable bonds is 1. The standard InChI is InChI=1S/C9H16N2O/c1-11-6-3-8(2-5-10)9(12)4-7-11/h8-9,12H,2-4,6-7H2,1H3/t8-,9-/m0/s1. The van der Waals surface area contributed by atoms with Crippen molar-refractivity contribution in [2.75, 3.05) is 20.1 Å². The topological polar surface area (TPSA) is 47.3 Å². The third-order valence-corrected chi connectivity index (χ3v) is 2.59. The minimum Gasteiger partial charge on any atom is -0.393 e. The first-order chi connectivity index (χ1) is 5.74. The average molecular weight is 168 g/mol. The van der Waals surface area contributed by atoms with Crippen LogP contribution in [-0.4, -0.2) is 36.2 Å². The summed E-state index contributed by atoms with van der Waals surface area (Å²) in [6.07, 6.45) is 1.98. The lowest BCUT2D eigenvalue weighted by Gasteiger charge is -2.15. The van der Waals surface area contributed by atoms with Gasteiger partial charge in [0, 0.05) is 13.0 Å². The minimum absolute atomic E-state index is 0.194. The number of nitriles is 1. The summed E-state index contributed by atoms with van der Waals surface area (Å²) in [5.41, 5.74) is 0. The largest absolute Gasteiger partial charge is 0.393 e. The third-order valence-electron chi connectivity index (χ3n) is 2.59. The maximum Gasteiger partial charge on any atom is 0.0625 e. The van der Waals surface area contributed by atoms with Gasteiger partial charge in [0.1, 0.15) is 0 Å². The molecule has 0 radical (unpaired) electrons. The van der Waals surface area contributed by atoms with Crippen LogP contribution in [0, 0.1) is 17.2 Å². The molecule has 0 aliphatic carbocycles. The molecule has 0 aromatic rings. The van der Waals surface area contributed by atoms with Crippen molar-refractivity contribution < 1.29 is 5.11 Å². The number of nitrogens with zero attached hydrogens (tertiary/aromatic N) is 2. The van der Waals surface area contributed by atoms with Gasteiger partial charge in [-0.2, -0.15) is 5.26 Å². The smallest absolute Gasteiger partial charge is 0.0625 e. The van der Waals surface area contributed by atoms with Crippen LogP contribution >= 0.6 is 0 Å². The molecule has 2 atom stereocenters. The highest BCUT2D eigenvalue weighted by Gasteiger charge is 2.22. The van der Waals surface area contributed by atoms with Crippen molar-refractivity contribution in [3.05, 3.63) is 0 Å². The van der Waals surface area contributed by atoms with E-state index in [1.54, 1.807) is 0 Å². The molecule has 0 spiro atoms. The second-order valence-electron chi connectivity index (χ2n) is 3.57. The number of hydrogen-bond donors (Lipinski definition) is 1. The Morgan fingerprint density at radius 2 is 2.17 bits per heavy atom. The maximum atomic E-state index is 9.62. The van der Waals surface area contributed by atoms with E-state index in [9.17, 15) is 5.11 Å². The summed E-state index contributed by atoms with van der Waals surface area (Å²) in [5.74, 6) is 0.194. The average Bonchev–Trinajstić information content (AvgIpc) is 2.20. The lowest BCUT2D eigenvalue weighted by Crippen LogP contribution is -2.20. The van der Waals surface area contributed by atoms with E-state index in [4.69, 9.17) is 5.26 Å². The van der Waals surface area contributed by atoms with Crippen LogP contribution in [0.25, 0.3) is 0 Å². The van der Waals surface area contributed by atoms with Crippen LogP contribution in [-0.2, 0) is 0 Å². The molecule has 1 aliphatic heterocycles. The Hall–Kier alpha value is -0.590. The molecule has 1 aliphatic rings. The van der Waals surface area contributed by atoms with Crippen molar-refractivity contribution in [1.82, 2.24) is 4.90 Å². The summed E-state index contributed by atoms with van der Waals surface area (Å²) in [5, 5.41) is 18.1. The zero-order valence-electron chi connectivity index (χ0n) is 7.53. The predicted octanol–water partition coefficient (Wildman–Crippen LogP) is 0.603. The highest BCUT2D eigenvalue weighted by molar-refractivity contribution is 4.83. The first-order valence-electron chi connectivity index (χ1n) is 4.47. The van der Waals surface area contributed by atoms with Gasteiger partial charge in [-0.3, -0.25) is 0 Å². The molecule has 1 rings (SSSR count). The van der Waals surface area contributed by atoms with E-state index in [0.717, 1.165) is 25.9 Å².